The minimum atomic E-state index is -0.404. The predicted octanol–water partition coefficient (Wildman–Crippen LogP) is 1.21. The summed E-state index contributed by atoms with van der Waals surface area (Å²) in [6.45, 7) is 0. The van der Waals surface area contributed by atoms with E-state index < -0.39 is 4.92 Å². The number of nitro groups is 1. The van der Waals surface area contributed by atoms with Gasteiger partial charge in [-0.1, -0.05) is 5.10 Å². The fourth-order valence-electron chi connectivity index (χ4n) is 1.23. The molecule has 1 aromatic heterocycles. The van der Waals surface area contributed by atoms with Gasteiger partial charge in [0, 0.05) is 5.92 Å². The molecule has 1 aliphatic rings. The zero-order valence-corrected chi connectivity index (χ0v) is 6.73. The molecular formula is C7H9N3O2. The Hall–Kier alpha value is -1.39. The van der Waals surface area contributed by atoms with E-state index in [4.69, 9.17) is 0 Å². The van der Waals surface area contributed by atoms with Crippen LogP contribution in [0.4, 0.5) is 5.82 Å². The molecule has 0 spiro atoms. The summed E-state index contributed by atoms with van der Waals surface area (Å²) in [4.78, 5) is 10.0. The van der Waals surface area contributed by atoms with Gasteiger partial charge in [-0.2, -0.15) is 0 Å². The Morgan fingerprint density at radius 2 is 2.42 bits per heavy atom. The molecule has 64 valence electrons. The van der Waals surface area contributed by atoms with Gasteiger partial charge in [-0.15, -0.1) is 4.68 Å². The molecule has 0 aliphatic heterocycles. The molecule has 1 aromatic rings. The van der Waals surface area contributed by atoms with Crippen molar-refractivity contribution in [3.8, 4) is 0 Å². The van der Waals surface area contributed by atoms with Crippen LogP contribution in [0.5, 0.6) is 0 Å². The Morgan fingerprint density at radius 1 is 1.75 bits per heavy atom. The van der Waals surface area contributed by atoms with Crippen molar-refractivity contribution in [3.05, 3.63) is 21.9 Å². The van der Waals surface area contributed by atoms with Crippen molar-refractivity contribution in [1.29, 1.82) is 0 Å². The van der Waals surface area contributed by atoms with Crippen LogP contribution >= 0.6 is 0 Å². The van der Waals surface area contributed by atoms with Crippen molar-refractivity contribution in [1.82, 2.24) is 9.78 Å². The highest BCUT2D eigenvalue weighted by molar-refractivity contribution is 5.27. The third kappa shape index (κ3) is 1.07. The monoisotopic (exact) mass is 167 g/mol. The zero-order chi connectivity index (χ0) is 8.72. The van der Waals surface area contributed by atoms with Gasteiger partial charge in [0.05, 0.1) is 11.8 Å². The summed E-state index contributed by atoms with van der Waals surface area (Å²) >= 11 is 0. The van der Waals surface area contributed by atoms with Crippen LogP contribution in [0.25, 0.3) is 0 Å². The van der Waals surface area contributed by atoms with Gasteiger partial charge in [0.25, 0.3) is 0 Å². The predicted molar refractivity (Wildman–Crippen MR) is 41.8 cm³/mol. The van der Waals surface area contributed by atoms with E-state index >= 15 is 0 Å². The normalized spacial score (nSPS) is 16.4. The van der Waals surface area contributed by atoms with Crippen LogP contribution in [0.2, 0.25) is 0 Å². The topological polar surface area (TPSA) is 61.0 Å². The van der Waals surface area contributed by atoms with Crippen molar-refractivity contribution < 1.29 is 4.92 Å². The van der Waals surface area contributed by atoms with Crippen LogP contribution in [0.15, 0.2) is 6.07 Å². The van der Waals surface area contributed by atoms with Gasteiger partial charge in [-0.05, 0) is 17.8 Å². The highest BCUT2D eigenvalue weighted by Crippen LogP contribution is 2.40. The lowest BCUT2D eigenvalue weighted by atomic mass is 10.3. The van der Waals surface area contributed by atoms with Crippen LogP contribution in [0, 0.1) is 10.1 Å². The third-order valence-electron chi connectivity index (χ3n) is 2.06. The maximum atomic E-state index is 10.4. The summed E-state index contributed by atoms with van der Waals surface area (Å²) in [6, 6.07) is 1.57. The number of nitrogens with zero attached hydrogens (tertiary/aromatic N) is 3. The highest BCUT2D eigenvalue weighted by Gasteiger charge is 2.29. The van der Waals surface area contributed by atoms with Crippen molar-refractivity contribution >= 4 is 5.82 Å². The molecule has 5 heteroatoms. The first-order chi connectivity index (χ1) is 5.68. The van der Waals surface area contributed by atoms with Crippen LogP contribution < -0.4 is 0 Å². The number of aryl methyl sites for hydroxylation is 1. The highest BCUT2D eigenvalue weighted by atomic mass is 16.6. The Morgan fingerprint density at radius 3 is 2.83 bits per heavy atom. The Bertz CT molecular complexity index is 327. The molecule has 1 aliphatic carbocycles. The molecular weight excluding hydrogens is 158 g/mol. The van der Waals surface area contributed by atoms with E-state index in [2.05, 4.69) is 5.10 Å². The molecule has 2 rings (SSSR count). The Balaban J connectivity index is 2.36. The van der Waals surface area contributed by atoms with Crippen LogP contribution in [-0.2, 0) is 7.05 Å². The van der Waals surface area contributed by atoms with E-state index in [9.17, 15) is 10.1 Å². The second kappa shape index (κ2) is 2.30. The largest absolute Gasteiger partial charge is 0.358 e. The number of hydrogen-bond acceptors (Lipinski definition) is 3. The fourth-order valence-corrected chi connectivity index (χ4v) is 1.23. The molecule has 0 saturated heterocycles. The molecule has 0 N–H and O–H groups in total. The van der Waals surface area contributed by atoms with Gasteiger partial charge in [-0.25, -0.2) is 0 Å². The lowest BCUT2D eigenvalue weighted by molar-refractivity contribution is -0.392. The van der Waals surface area contributed by atoms with Crippen molar-refractivity contribution in [3.63, 3.8) is 0 Å². The minimum absolute atomic E-state index is 0.0805. The lowest BCUT2D eigenvalue weighted by Gasteiger charge is -1.89. The SMILES string of the molecule is Cn1nc(C2CC2)cc1[N+](=O)[O-]. The van der Waals surface area contributed by atoms with Crippen molar-refractivity contribution in [2.75, 3.05) is 0 Å². The maximum absolute atomic E-state index is 10.4. The first kappa shape index (κ1) is 7.27. The molecule has 0 aromatic carbocycles. The number of aromatic nitrogens is 2. The molecule has 1 heterocycles. The van der Waals surface area contributed by atoms with E-state index in [1.165, 1.54) is 4.68 Å². The summed E-state index contributed by atoms with van der Waals surface area (Å²) in [5, 5.41) is 14.5. The molecule has 0 bridgehead atoms. The molecule has 1 saturated carbocycles. The van der Waals surface area contributed by atoms with Gasteiger partial charge >= 0.3 is 5.82 Å². The first-order valence-electron chi connectivity index (χ1n) is 3.87. The standard InChI is InChI=1S/C7H9N3O2/c1-9-7(10(11)12)4-6(8-9)5-2-3-5/h4-5H,2-3H2,1H3. The van der Waals surface area contributed by atoms with Gasteiger partial charge in [0.15, 0.2) is 0 Å². The van der Waals surface area contributed by atoms with Crippen LogP contribution in [-0.4, -0.2) is 14.7 Å². The average molecular weight is 167 g/mol. The Labute approximate surface area is 69.1 Å². The molecule has 0 radical (unpaired) electrons. The second-order valence-corrected chi connectivity index (χ2v) is 3.08. The van der Waals surface area contributed by atoms with Gasteiger partial charge in [0.2, 0.25) is 0 Å². The molecule has 0 unspecified atom stereocenters. The summed E-state index contributed by atoms with van der Waals surface area (Å²) in [7, 11) is 1.60. The van der Waals surface area contributed by atoms with Crippen molar-refractivity contribution in [2.45, 2.75) is 18.8 Å². The summed E-state index contributed by atoms with van der Waals surface area (Å²) in [5.41, 5.74) is 0.865. The molecule has 5 nitrogen and oxygen atoms in total. The van der Waals surface area contributed by atoms with Crippen LogP contribution in [0.1, 0.15) is 24.5 Å². The van der Waals surface area contributed by atoms with Gasteiger partial charge < -0.3 is 10.1 Å². The summed E-state index contributed by atoms with van der Waals surface area (Å²) in [6.07, 6.45) is 2.24. The zero-order valence-electron chi connectivity index (χ0n) is 6.73. The molecule has 12 heavy (non-hydrogen) atoms. The van der Waals surface area contributed by atoms with E-state index in [-0.39, 0.29) is 5.82 Å². The molecule has 0 amide bonds. The van der Waals surface area contributed by atoms with E-state index in [1.54, 1.807) is 13.1 Å². The smallest absolute Gasteiger partial charge is 0.344 e. The quantitative estimate of drug-likeness (QED) is 0.491. The van der Waals surface area contributed by atoms with E-state index in [1.807, 2.05) is 0 Å². The average Bonchev–Trinajstić information content (AvgIpc) is 2.75. The lowest BCUT2D eigenvalue weighted by Crippen LogP contribution is -1.97. The van der Waals surface area contributed by atoms with Gasteiger partial charge in [-0.3, -0.25) is 0 Å². The Kier molecular flexibility index (Phi) is 1.39. The summed E-state index contributed by atoms with van der Waals surface area (Å²) < 4.78 is 1.33. The maximum Gasteiger partial charge on any atom is 0.344 e. The third-order valence-corrected chi connectivity index (χ3v) is 2.06. The summed E-state index contributed by atoms with van der Waals surface area (Å²) in [5.74, 6) is 0.557. The fraction of sp³-hybridized carbons (Fsp3) is 0.571. The van der Waals surface area contributed by atoms with Crippen LogP contribution in [0.3, 0.4) is 0 Å². The minimum Gasteiger partial charge on any atom is -0.358 e. The van der Waals surface area contributed by atoms with Gasteiger partial charge in [0.1, 0.15) is 7.05 Å². The second-order valence-electron chi connectivity index (χ2n) is 3.08. The van der Waals surface area contributed by atoms with E-state index in [0.717, 1.165) is 18.5 Å². The first-order valence-corrected chi connectivity index (χ1v) is 3.87. The van der Waals surface area contributed by atoms with E-state index in [0.29, 0.717) is 5.92 Å². The number of hydrogen-bond donors (Lipinski definition) is 0. The van der Waals surface area contributed by atoms with Crippen molar-refractivity contribution in [2.24, 2.45) is 7.05 Å². The number of rotatable bonds is 2. The molecule has 1 fully saturated rings. The molecule has 0 atom stereocenters.